The zero-order valence-electron chi connectivity index (χ0n) is 9.51. The van der Waals surface area contributed by atoms with Crippen LogP contribution >= 0.6 is 15.9 Å². The van der Waals surface area contributed by atoms with Gasteiger partial charge < -0.3 is 0 Å². The number of piperidine rings is 1. The standard InChI is InChI=1S/C11H17BrN4/c1-15-11(13-7-14-15)6-16-9-2-3-10(16)5-8(12)4-9/h7-10H,2-6H2,1H3. The lowest BCUT2D eigenvalue weighted by atomic mass is 10.0. The highest BCUT2D eigenvalue weighted by Gasteiger charge is 2.40. The number of aryl methyl sites for hydroxylation is 1. The highest BCUT2D eigenvalue weighted by Crippen LogP contribution is 2.38. The molecule has 16 heavy (non-hydrogen) atoms. The Morgan fingerprint density at radius 3 is 2.62 bits per heavy atom. The van der Waals surface area contributed by atoms with E-state index < -0.39 is 0 Å². The van der Waals surface area contributed by atoms with Gasteiger partial charge >= 0.3 is 0 Å². The van der Waals surface area contributed by atoms with Crippen LogP contribution in [0.3, 0.4) is 0 Å². The van der Waals surface area contributed by atoms with E-state index in [4.69, 9.17) is 0 Å². The van der Waals surface area contributed by atoms with Crippen molar-refractivity contribution < 1.29 is 0 Å². The number of halogens is 1. The van der Waals surface area contributed by atoms with Gasteiger partial charge in [0, 0.05) is 24.0 Å². The Hall–Kier alpha value is -0.420. The van der Waals surface area contributed by atoms with Crippen LogP contribution in [0.25, 0.3) is 0 Å². The number of rotatable bonds is 2. The summed E-state index contributed by atoms with van der Waals surface area (Å²) in [5.74, 6) is 1.09. The number of alkyl halides is 1. The van der Waals surface area contributed by atoms with E-state index in [1.54, 1.807) is 6.33 Å². The van der Waals surface area contributed by atoms with Crippen LogP contribution in [0.2, 0.25) is 0 Å². The summed E-state index contributed by atoms with van der Waals surface area (Å²) in [4.78, 5) is 7.67. The van der Waals surface area contributed by atoms with Gasteiger partial charge in [0.05, 0.1) is 6.54 Å². The lowest BCUT2D eigenvalue weighted by Gasteiger charge is -2.36. The van der Waals surface area contributed by atoms with E-state index in [1.165, 1.54) is 25.7 Å². The van der Waals surface area contributed by atoms with E-state index in [0.29, 0.717) is 0 Å². The minimum Gasteiger partial charge on any atom is -0.290 e. The van der Waals surface area contributed by atoms with Crippen molar-refractivity contribution in [2.75, 3.05) is 0 Å². The van der Waals surface area contributed by atoms with Gasteiger partial charge in [0.2, 0.25) is 0 Å². The van der Waals surface area contributed by atoms with Gasteiger partial charge in [-0.2, -0.15) is 5.10 Å². The van der Waals surface area contributed by atoms with Crippen molar-refractivity contribution in [3.05, 3.63) is 12.2 Å². The monoisotopic (exact) mass is 284 g/mol. The van der Waals surface area contributed by atoms with Gasteiger partial charge in [-0.3, -0.25) is 9.58 Å². The van der Waals surface area contributed by atoms with Crippen molar-refractivity contribution in [3.8, 4) is 0 Å². The van der Waals surface area contributed by atoms with Gasteiger partial charge in [-0.05, 0) is 25.7 Å². The molecular weight excluding hydrogens is 268 g/mol. The van der Waals surface area contributed by atoms with Crippen molar-refractivity contribution in [1.82, 2.24) is 19.7 Å². The van der Waals surface area contributed by atoms with Gasteiger partial charge in [-0.25, -0.2) is 4.98 Å². The van der Waals surface area contributed by atoms with Gasteiger partial charge in [-0.1, -0.05) is 15.9 Å². The van der Waals surface area contributed by atoms with Crippen molar-refractivity contribution in [2.45, 2.75) is 49.1 Å². The van der Waals surface area contributed by atoms with Crippen LogP contribution in [0.15, 0.2) is 6.33 Å². The quantitative estimate of drug-likeness (QED) is 0.776. The zero-order chi connectivity index (χ0) is 11.1. The minimum atomic E-state index is 0.723. The predicted molar refractivity (Wildman–Crippen MR) is 65.3 cm³/mol. The molecule has 2 aliphatic heterocycles. The molecule has 2 aliphatic rings. The second-order valence-electron chi connectivity index (χ2n) is 4.93. The first-order valence-corrected chi connectivity index (χ1v) is 6.88. The third-order valence-electron chi connectivity index (χ3n) is 3.96. The topological polar surface area (TPSA) is 34.0 Å². The molecular formula is C11H17BrN4. The van der Waals surface area contributed by atoms with Crippen molar-refractivity contribution in [1.29, 1.82) is 0 Å². The second kappa shape index (κ2) is 4.11. The molecule has 0 amide bonds. The Balaban J connectivity index is 1.75. The van der Waals surface area contributed by atoms with E-state index in [-0.39, 0.29) is 0 Å². The molecule has 3 heterocycles. The summed E-state index contributed by atoms with van der Waals surface area (Å²) < 4.78 is 1.89. The smallest absolute Gasteiger partial charge is 0.140 e. The summed E-state index contributed by atoms with van der Waals surface area (Å²) in [5.41, 5.74) is 0. The van der Waals surface area contributed by atoms with Crippen LogP contribution in [0.5, 0.6) is 0 Å². The molecule has 2 unspecified atom stereocenters. The average Bonchev–Trinajstić information content (AvgIpc) is 2.73. The first-order valence-electron chi connectivity index (χ1n) is 5.96. The van der Waals surface area contributed by atoms with Crippen LogP contribution in [-0.2, 0) is 13.6 Å². The summed E-state index contributed by atoms with van der Waals surface area (Å²) >= 11 is 3.77. The molecule has 5 heteroatoms. The Bertz CT molecular complexity index is 364. The molecule has 0 spiro atoms. The first-order chi connectivity index (χ1) is 7.74. The molecule has 2 saturated heterocycles. The highest BCUT2D eigenvalue weighted by atomic mass is 79.9. The first kappa shape index (κ1) is 10.7. The van der Waals surface area contributed by atoms with Crippen LogP contribution in [0.4, 0.5) is 0 Å². The third-order valence-corrected chi connectivity index (χ3v) is 4.70. The summed E-state index contributed by atoms with van der Waals surface area (Å²) in [7, 11) is 1.97. The molecule has 0 saturated carbocycles. The number of fused-ring (bicyclic) bond motifs is 2. The van der Waals surface area contributed by atoms with E-state index >= 15 is 0 Å². The molecule has 88 valence electrons. The molecule has 0 N–H and O–H groups in total. The maximum Gasteiger partial charge on any atom is 0.140 e. The Kier molecular flexibility index (Phi) is 2.75. The SMILES string of the molecule is Cn1ncnc1CN1C2CCC1CC(Br)C2. The van der Waals surface area contributed by atoms with Crippen LogP contribution < -0.4 is 0 Å². The molecule has 1 aromatic rings. The summed E-state index contributed by atoms with van der Waals surface area (Å²) in [6.07, 6.45) is 6.92. The maximum atomic E-state index is 4.32. The fourth-order valence-electron chi connectivity index (χ4n) is 3.09. The molecule has 0 aromatic carbocycles. The molecule has 1 aromatic heterocycles. The fourth-order valence-corrected chi connectivity index (χ4v) is 3.96. The fraction of sp³-hybridized carbons (Fsp3) is 0.818. The van der Waals surface area contributed by atoms with Gasteiger partial charge in [0.25, 0.3) is 0 Å². The number of nitrogens with zero attached hydrogens (tertiary/aromatic N) is 4. The van der Waals surface area contributed by atoms with Gasteiger partial charge in [0.1, 0.15) is 12.2 Å². The molecule has 2 fully saturated rings. The lowest BCUT2D eigenvalue weighted by molar-refractivity contribution is 0.131. The Labute approximate surface area is 104 Å². The lowest BCUT2D eigenvalue weighted by Crippen LogP contribution is -2.43. The number of hydrogen-bond donors (Lipinski definition) is 0. The molecule has 2 bridgehead atoms. The summed E-state index contributed by atoms with van der Waals surface area (Å²) in [6, 6.07) is 1.50. The van der Waals surface area contributed by atoms with Crippen LogP contribution in [0.1, 0.15) is 31.5 Å². The summed E-state index contributed by atoms with van der Waals surface area (Å²) in [6.45, 7) is 0.964. The van der Waals surface area contributed by atoms with E-state index in [1.807, 2.05) is 11.7 Å². The molecule has 3 rings (SSSR count). The summed E-state index contributed by atoms with van der Waals surface area (Å²) in [5, 5.41) is 4.14. The van der Waals surface area contributed by atoms with E-state index in [0.717, 1.165) is 29.3 Å². The molecule has 0 radical (unpaired) electrons. The highest BCUT2D eigenvalue weighted by molar-refractivity contribution is 9.09. The maximum absolute atomic E-state index is 4.32. The molecule has 4 nitrogen and oxygen atoms in total. The normalized spacial score (nSPS) is 34.5. The van der Waals surface area contributed by atoms with Crippen molar-refractivity contribution in [3.63, 3.8) is 0 Å². The number of hydrogen-bond acceptors (Lipinski definition) is 3. The van der Waals surface area contributed by atoms with Gasteiger partial charge in [0.15, 0.2) is 0 Å². The van der Waals surface area contributed by atoms with Crippen LogP contribution in [0, 0.1) is 0 Å². The average molecular weight is 285 g/mol. The predicted octanol–water partition coefficient (Wildman–Crippen LogP) is 1.71. The number of aromatic nitrogens is 3. The Morgan fingerprint density at radius 1 is 1.38 bits per heavy atom. The zero-order valence-corrected chi connectivity index (χ0v) is 11.1. The van der Waals surface area contributed by atoms with Gasteiger partial charge in [-0.15, -0.1) is 0 Å². The minimum absolute atomic E-state index is 0.723. The van der Waals surface area contributed by atoms with Crippen molar-refractivity contribution >= 4 is 15.9 Å². The molecule has 2 atom stereocenters. The van der Waals surface area contributed by atoms with E-state index in [9.17, 15) is 0 Å². The van der Waals surface area contributed by atoms with E-state index in [2.05, 4.69) is 30.9 Å². The largest absolute Gasteiger partial charge is 0.290 e. The second-order valence-corrected chi connectivity index (χ2v) is 6.22. The Morgan fingerprint density at radius 2 is 2.06 bits per heavy atom. The third kappa shape index (κ3) is 1.80. The van der Waals surface area contributed by atoms with Crippen LogP contribution in [-0.4, -0.2) is 36.6 Å². The molecule has 0 aliphatic carbocycles. The van der Waals surface area contributed by atoms with Crippen molar-refractivity contribution in [2.24, 2.45) is 7.05 Å².